The molecule has 6 nitrogen and oxygen atoms in total. The van der Waals surface area contributed by atoms with E-state index >= 15 is 0 Å². The quantitative estimate of drug-likeness (QED) is 0.468. The summed E-state index contributed by atoms with van der Waals surface area (Å²) in [5, 5.41) is 9.26. The van der Waals surface area contributed by atoms with E-state index in [1.807, 2.05) is 59.2 Å². The molecular formula is C19H19N3O3S. The number of benzene rings is 2. The highest BCUT2D eigenvalue weighted by atomic mass is 32.2. The highest BCUT2D eigenvalue weighted by Crippen LogP contribution is 2.29. The first-order chi connectivity index (χ1) is 12.7. The molecule has 0 bridgehead atoms. The van der Waals surface area contributed by atoms with Gasteiger partial charge in [-0.15, -0.1) is 10.2 Å². The third-order valence-electron chi connectivity index (χ3n) is 3.62. The van der Waals surface area contributed by atoms with Crippen molar-refractivity contribution >= 4 is 17.7 Å². The molecule has 0 spiro atoms. The molecule has 1 aromatic heterocycles. The van der Waals surface area contributed by atoms with Gasteiger partial charge in [0, 0.05) is 11.3 Å². The zero-order valence-electron chi connectivity index (χ0n) is 14.6. The number of hydrogen-bond acceptors (Lipinski definition) is 6. The maximum absolute atomic E-state index is 11.7. The summed E-state index contributed by atoms with van der Waals surface area (Å²) >= 11 is 1.30. The van der Waals surface area contributed by atoms with E-state index in [1.54, 1.807) is 14.0 Å². The molecular weight excluding hydrogens is 350 g/mol. The summed E-state index contributed by atoms with van der Waals surface area (Å²) in [7, 11) is 1.63. The van der Waals surface area contributed by atoms with Gasteiger partial charge in [0.05, 0.1) is 19.5 Å². The summed E-state index contributed by atoms with van der Waals surface area (Å²) in [6.45, 7) is 2.15. The molecule has 0 aliphatic heterocycles. The lowest BCUT2D eigenvalue weighted by atomic mass is 10.2. The first kappa shape index (κ1) is 18.0. The Kier molecular flexibility index (Phi) is 5.91. The van der Waals surface area contributed by atoms with Crippen molar-refractivity contribution in [2.24, 2.45) is 0 Å². The van der Waals surface area contributed by atoms with Crippen LogP contribution in [-0.2, 0) is 9.53 Å². The number of para-hydroxylation sites is 1. The third-order valence-corrected chi connectivity index (χ3v) is 4.52. The van der Waals surface area contributed by atoms with Crippen molar-refractivity contribution in [2.45, 2.75) is 12.1 Å². The van der Waals surface area contributed by atoms with Gasteiger partial charge in [-0.1, -0.05) is 30.0 Å². The number of nitrogens with zero attached hydrogens (tertiary/aromatic N) is 3. The van der Waals surface area contributed by atoms with Gasteiger partial charge in [-0.25, -0.2) is 0 Å². The van der Waals surface area contributed by atoms with E-state index in [2.05, 4.69) is 10.2 Å². The number of aromatic nitrogens is 3. The molecule has 0 aliphatic rings. The molecule has 0 atom stereocenters. The van der Waals surface area contributed by atoms with E-state index in [1.165, 1.54) is 11.8 Å². The van der Waals surface area contributed by atoms with Crippen molar-refractivity contribution in [2.75, 3.05) is 19.5 Å². The Morgan fingerprint density at radius 2 is 1.81 bits per heavy atom. The largest absolute Gasteiger partial charge is 0.497 e. The van der Waals surface area contributed by atoms with Crippen LogP contribution in [0.25, 0.3) is 17.1 Å². The second-order valence-electron chi connectivity index (χ2n) is 5.30. The van der Waals surface area contributed by atoms with Crippen molar-refractivity contribution in [1.82, 2.24) is 14.8 Å². The molecule has 0 unspecified atom stereocenters. The highest BCUT2D eigenvalue weighted by Gasteiger charge is 2.17. The average Bonchev–Trinajstić information content (AvgIpc) is 3.11. The van der Waals surface area contributed by atoms with Crippen LogP contribution in [0.1, 0.15) is 6.92 Å². The minimum Gasteiger partial charge on any atom is -0.497 e. The van der Waals surface area contributed by atoms with E-state index in [9.17, 15) is 4.79 Å². The number of rotatable bonds is 7. The molecule has 3 aromatic rings. The predicted octanol–water partition coefficient (Wildman–Crippen LogP) is 3.60. The summed E-state index contributed by atoms with van der Waals surface area (Å²) in [6, 6.07) is 17.4. The normalized spacial score (nSPS) is 10.5. The minimum absolute atomic E-state index is 0.182. The monoisotopic (exact) mass is 369 g/mol. The smallest absolute Gasteiger partial charge is 0.316 e. The molecule has 0 saturated heterocycles. The summed E-state index contributed by atoms with van der Waals surface area (Å²) in [5.41, 5.74) is 1.83. The van der Waals surface area contributed by atoms with Gasteiger partial charge in [0.25, 0.3) is 0 Å². The Labute approximate surface area is 156 Å². The zero-order chi connectivity index (χ0) is 18.4. The number of ether oxygens (including phenoxy) is 2. The molecule has 26 heavy (non-hydrogen) atoms. The number of esters is 1. The molecule has 1 heterocycles. The molecule has 2 aromatic carbocycles. The van der Waals surface area contributed by atoms with Crippen LogP contribution >= 0.6 is 11.8 Å². The van der Waals surface area contributed by atoms with Crippen LogP contribution in [0.15, 0.2) is 59.8 Å². The van der Waals surface area contributed by atoms with Crippen LogP contribution in [-0.4, -0.2) is 40.2 Å². The summed E-state index contributed by atoms with van der Waals surface area (Å²) in [5.74, 6) is 1.38. The SMILES string of the molecule is CCOC(=O)CSc1nnc(-c2ccc(OC)cc2)n1-c1ccccc1. The minimum atomic E-state index is -0.272. The van der Waals surface area contributed by atoms with Crippen LogP contribution in [0.5, 0.6) is 5.75 Å². The molecule has 0 radical (unpaired) electrons. The molecule has 3 rings (SSSR count). The molecule has 0 saturated carbocycles. The maximum atomic E-state index is 11.7. The zero-order valence-corrected chi connectivity index (χ0v) is 15.4. The van der Waals surface area contributed by atoms with E-state index in [-0.39, 0.29) is 11.7 Å². The van der Waals surface area contributed by atoms with Crippen molar-refractivity contribution in [3.63, 3.8) is 0 Å². The fourth-order valence-electron chi connectivity index (χ4n) is 2.43. The van der Waals surface area contributed by atoms with Gasteiger partial charge in [-0.05, 0) is 43.3 Å². The molecule has 0 aliphatic carbocycles. The average molecular weight is 369 g/mol. The van der Waals surface area contributed by atoms with Crippen molar-refractivity contribution in [3.8, 4) is 22.8 Å². The van der Waals surface area contributed by atoms with Crippen LogP contribution in [0.4, 0.5) is 0 Å². The van der Waals surface area contributed by atoms with Crippen molar-refractivity contribution < 1.29 is 14.3 Å². The maximum Gasteiger partial charge on any atom is 0.316 e. The molecule has 134 valence electrons. The van der Waals surface area contributed by atoms with Crippen LogP contribution in [0.2, 0.25) is 0 Å². The molecule has 0 amide bonds. The second kappa shape index (κ2) is 8.53. The van der Waals surface area contributed by atoms with Crippen LogP contribution in [0.3, 0.4) is 0 Å². The molecule has 0 fully saturated rings. The second-order valence-corrected chi connectivity index (χ2v) is 6.24. The first-order valence-corrected chi connectivity index (χ1v) is 9.15. The van der Waals surface area contributed by atoms with Crippen LogP contribution in [0, 0.1) is 0 Å². The van der Waals surface area contributed by atoms with E-state index in [0.29, 0.717) is 17.6 Å². The number of methoxy groups -OCH3 is 1. The lowest BCUT2D eigenvalue weighted by molar-refractivity contribution is -0.139. The predicted molar refractivity (Wildman–Crippen MR) is 101 cm³/mol. The van der Waals surface area contributed by atoms with E-state index in [4.69, 9.17) is 9.47 Å². The lowest BCUT2D eigenvalue weighted by Crippen LogP contribution is -2.08. The van der Waals surface area contributed by atoms with E-state index < -0.39 is 0 Å². The number of hydrogen-bond donors (Lipinski definition) is 0. The number of carbonyl (C=O) groups is 1. The third kappa shape index (κ3) is 4.05. The summed E-state index contributed by atoms with van der Waals surface area (Å²) in [6.07, 6.45) is 0. The van der Waals surface area contributed by atoms with Gasteiger partial charge >= 0.3 is 5.97 Å². The van der Waals surface area contributed by atoms with Gasteiger partial charge in [0.15, 0.2) is 11.0 Å². The van der Waals surface area contributed by atoms with Gasteiger partial charge in [-0.3, -0.25) is 9.36 Å². The Morgan fingerprint density at radius 3 is 2.46 bits per heavy atom. The van der Waals surface area contributed by atoms with Crippen LogP contribution < -0.4 is 4.74 Å². The fraction of sp³-hybridized carbons (Fsp3) is 0.211. The Balaban J connectivity index is 1.97. The molecule has 0 N–H and O–H groups in total. The van der Waals surface area contributed by atoms with Gasteiger partial charge in [0.2, 0.25) is 0 Å². The fourth-order valence-corrected chi connectivity index (χ4v) is 3.18. The first-order valence-electron chi connectivity index (χ1n) is 8.16. The Morgan fingerprint density at radius 1 is 1.08 bits per heavy atom. The Hall–Kier alpha value is -2.80. The highest BCUT2D eigenvalue weighted by molar-refractivity contribution is 7.99. The Bertz CT molecular complexity index is 863. The molecule has 7 heteroatoms. The van der Waals surface area contributed by atoms with Gasteiger partial charge in [-0.2, -0.15) is 0 Å². The number of thioether (sulfide) groups is 1. The lowest BCUT2D eigenvalue weighted by Gasteiger charge is -2.10. The van der Waals surface area contributed by atoms with Gasteiger partial charge in [0.1, 0.15) is 5.75 Å². The summed E-state index contributed by atoms with van der Waals surface area (Å²) in [4.78, 5) is 11.7. The van der Waals surface area contributed by atoms with Crippen molar-refractivity contribution in [3.05, 3.63) is 54.6 Å². The van der Waals surface area contributed by atoms with E-state index in [0.717, 1.165) is 17.0 Å². The summed E-state index contributed by atoms with van der Waals surface area (Å²) < 4.78 is 12.1. The van der Waals surface area contributed by atoms with Gasteiger partial charge < -0.3 is 9.47 Å². The topological polar surface area (TPSA) is 66.2 Å². The number of carbonyl (C=O) groups excluding carboxylic acids is 1. The van der Waals surface area contributed by atoms with Crippen molar-refractivity contribution in [1.29, 1.82) is 0 Å². The standard InChI is InChI=1S/C19H19N3O3S/c1-3-25-17(23)13-26-19-21-20-18(14-9-11-16(24-2)12-10-14)22(19)15-7-5-4-6-8-15/h4-12H,3,13H2,1-2H3.